The summed E-state index contributed by atoms with van der Waals surface area (Å²) in [5.41, 5.74) is 3.36. The fourth-order valence-corrected chi connectivity index (χ4v) is 4.04. The first-order chi connectivity index (χ1) is 15.3. The topological polar surface area (TPSA) is 52.0 Å². The molecule has 0 atom stereocenters. The van der Waals surface area contributed by atoms with Crippen LogP contribution >= 0.6 is 0 Å². The van der Waals surface area contributed by atoms with E-state index in [9.17, 15) is 0 Å². The van der Waals surface area contributed by atoms with Crippen molar-refractivity contribution in [1.82, 2.24) is 19.4 Å². The molecule has 7 nitrogen and oxygen atoms in total. The van der Waals surface area contributed by atoms with Gasteiger partial charge in [0.1, 0.15) is 5.75 Å². The SMILES string of the molecule is COc1ccc(CN2CCN(CCOCCn3c(OC)nc4ccccc43)CC2)cc1. The average molecular weight is 425 g/mol. The lowest BCUT2D eigenvalue weighted by Crippen LogP contribution is -2.46. The van der Waals surface area contributed by atoms with Gasteiger partial charge < -0.3 is 14.2 Å². The van der Waals surface area contributed by atoms with E-state index in [4.69, 9.17) is 14.2 Å². The Morgan fingerprint density at radius 1 is 0.806 bits per heavy atom. The van der Waals surface area contributed by atoms with Crippen molar-refractivity contribution in [2.45, 2.75) is 13.1 Å². The lowest BCUT2D eigenvalue weighted by atomic mass is 10.2. The van der Waals surface area contributed by atoms with Crippen molar-refractivity contribution in [2.24, 2.45) is 0 Å². The number of fused-ring (bicyclic) bond motifs is 1. The summed E-state index contributed by atoms with van der Waals surface area (Å²) in [5, 5.41) is 0. The quantitative estimate of drug-likeness (QED) is 0.467. The van der Waals surface area contributed by atoms with Crippen molar-refractivity contribution >= 4 is 11.0 Å². The summed E-state index contributed by atoms with van der Waals surface area (Å²) in [6.07, 6.45) is 0. The Morgan fingerprint density at radius 2 is 1.52 bits per heavy atom. The second-order valence-electron chi connectivity index (χ2n) is 7.82. The zero-order chi connectivity index (χ0) is 21.5. The van der Waals surface area contributed by atoms with E-state index < -0.39 is 0 Å². The van der Waals surface area contributed by atoms with E-state index in [2.05, 4.69) is 37.5 Å². The lowest BCUT2D eigenvalue weighted by Gasteiger charge is -2.34. The number of imidazole rings is 1. The number of hydrogen-bond acceptors (Lipinski definition) is 6. The highest BCUT2D eigenvalue weighted by atomic mass is 16.5. The fourth-order valence-electron chi connectivity index (χ4n) is 4.04. The second-order valence-corrected chi connectivity index (χ2v) is 7.82. The molecule has 2 aromatic carbocycles. The molecule has 0 radical (unpaired) electrons. The molecule has 0 spiro atoms. The van der Waals surface area contributed by atoms with Gasteiger partial charge in [-0.1, -0.05) is 24.3 Å². The highest BCUT2D eigenvalue weighted by Crippen LogP contribution is 2.20. The number of methoxy groups -OCH3 is 2. The minimum atomic E-state index is 0.637. The number of benzene rings is 2. The molecular weight excluding hydrogens is 392 g/mol. The molecule has 1 aliphatic rings. The molecule has 4 rings (SSSR count). The molecule has 1 aromatic heterocycles. The predicted molar refractivity (Wildman–Crippen MR) is 122 cm³/mol. The van der Waals surface area contributed by atoms with Crippen molar-refractivity contribution in [3.05, 3.63) is 54.1 Å². The molecule has 0 bridgehead atoms. The minimum absolute atomic E-state index is 0.637. The van der Waals surface area contributed by atoms with Crippen molar-refractivity contribution in [3.63, 3.8) is 0 Å². The Hall–Kier alpha value is -2.61. The van der Waals surface area contributed by atoms with Gasteiger partial charge in [0.2, 0.25) is 0 Å². The maximum atomic E-state index is 5.93. The van der Waals surface area contributed by atoms with Crippen molar-refractivity contribution < 1.29 is 14.2 Å². The summed E-state index contributed by atoms with van der Waals surface area (Å²) in [7, 11) is 3.36. The molecule has 0 N–H and O–H groups in total. The lowest BCUT2D eigenvalue weighted by molar-refractivity contribution is 0.0701. The Balaban J connectivity index is 1.15. The maximum absolute atomic E-state index is 5.93. The van der Waals surface area contributed by atoms with Crippen LogP contribution in [0.25, 0.3) is 11.0 Å². The Morgan fingerprint density at radius 3 is 2.26 bits per heavy atom. The van der Waals surface area contributed by atoms with E-state index in [1.807, 2.05) is 30.3 Å². The summed E-state index contributed by atoms with van der Waals surface area (Å²) in [4.78, 5) is 9.51. The van der Waals surface area contributed by atoms with Crippen molar-refractivity contribution in [1.29, 1.82) is 0 Å². The van der Waals surface area contributed by atoms with Gasteiger partial charge >= 0.3 is 0 Å². The van der Waals surface area contributed by atoms with Gasteiger partial charge in [0.25, 0.3) is 6.01 Å². The van der Waals surface area contributed by atoms with Crippen LogP contribution in [0, 0.1) is 0 Å². The van der Waals surface area contributed by atoms with Gasteiger partial charge in [0.05, 0.1) is 45.0 Å². The Labute approximate surface area is 184 Å². The molecule has 31 heavy (non-hydrogen) atoms. The van der Waals surface area contributed by atoms with Crippen LogP contribution in [0.1, 0.15) is 5.56 Å². The van der Waals surface area contributed by atoms with Crippen LogP contribution in [0.5, 0.6) is 11.8 Å². The standard InChI is InChI=1S/C24H32N4O3/c1-29-21-9-7-20(8-10-21)19-27-13-11-26(12-14-27)15-17-31-18-16-28-23-6-4-3-5-22(23)25-24(28)30-2/h3-10H,11-19H2,1-2H3. The molecule has 2 heterocycles. The zero-order valence-electron chi connectivity index (χ0n) is 18.5. The summed E-state index contributed by atoms with van der Waals surface area (Å²) in [6.45, 7) is 8.43. The Kier molecular flexibility index (Phi) is 7.40. The number of para-hydroxylation sites is 2. The van der Waals surface area contributed by atoms with Gasteiger partial charge in [-0.15, -0.1) is 0 Å². The largest absolute Gasteiger partial charge is 0.497 e. The van der Waals surface area contributed by atoms with E-state index >= 15 is 0 Å². The molecule has 7 heteroatoms. The molecule has 3 aromatic rings. The molecule has 0 saturated carbocycles. The van der Waals surface area contributed by atoms with Gasteiger partial charge in [-0.3, -0.25) is 14.4 Å². The third-order valence-corrected chi connectivity index (χ3v) is 5.84. The number of aromatic nitrogens is 2. The number of rotatable bonds is 10. The summed E-state index contributed by atoms with van der Waals surface area (Å²) in [5.74, 6) is 0.910. The summed E-state index contributed by atoms with van der Waals surface area (Å²) >= 11 is 0. The van der Waals surface area contributed by atoms with Crippen LogP contribution in [0.15, 0.2) is 48.5 Å². The molecule has 0 unspecified atom stereocenters. The highest BCUT2D eigenvalue weighted by molar-refractivity contribution is 5.76. The van der Waals surface area contributed by atoms with E-state index in [1.165, 1.54) is 5.56 Å². The van der Waals surface area contributed by atoms with Gasteiger partial charge in [-0.25, -0.2) is 0 Å². The van der Waals surface area contributed by atoms with Crippen molar-refractivity contribution in [3.8, 4) is 11.8 Å². The van der Waals surface area contributed by atoms with Gasteiger partial charge in [-0.2, -0.15) is 4.98 Å². The van der Waals surface area contributed by atoms with Crippen LogP contribution < -0.4 is 9.47 Å². The van der Waals surface area contributed by atoms with E-state index in [-0.39, 0.29) is 0 Å². The number of piperazine rings is 1. The average Bonchev–Trinajstić information content (AvgIpc) is 3.18. The number of ether oxygens (including phenoxy) is 3. The molecule has 0 aliphatic carbocycles. The van der Waals surface area contributed by atoms with Gasteiger partial charge in [0, 0.05) is 39.3 Å². The van der Waals surface area contributed by atoms with E-state index in [1.54, 1.807) is 14.2 Å². The van der Waals surface area contributed by atoms with Crippen LogP contribution in [0.4, 0.5) is 0 Å². The molecule has 1 aliphatic heterocycles. The van der Waals surface area contributed by atoms with Crippen molar-refractivity contribution in [2.75, 3.05) is 60.2 Å². The summed E-state index contributed by atoms with van der Waals surface area (Å²) < 4.78 is 18.7. The van der Waals surface area contributed by atoms with Gasteiger partial charge in [-0.05, 0) is 29.8 Å². The van der Waals surface area contributed by atoms with Crippen LogP contribution in [-0.4, -0.2) is 79.5 Å². The van der Waals surface area contributed by atoms with Crippen LogP contribution in [-0.2, 0) is 17.8 Å². The van der Waals surface area contributed by atoms with Crippen LogP contribution in [0.2, 0.25) is 0 Å². The molecular formula is C24H32N4O3. The molecule has 166 valence electrons. The highest BCUT2D eigenvalue weighted by Gasteiger charge is 2.17. The predicted octanol–water partition coefficient (Wildman–Crippen LogP) is 2.89. The third-order valence-electron chi connectivity index (χ3n) is 5.84. The second kappa shape index (κ2) is 10.6. The van der Waals surface area contributed by atoms with E-state index in [0.29, 0.717) is 12.6 Å². The number of hydrogen-bond donors (Lipinski definition) is 0. The zero-order valence-corrected chi connectivity index (χ0v) is 18.5. The first-order valence-corrected chi connectivity index (χ1v) is 10.9. The molecule has 1 saturated heterocycles. The fraction of sp³-hybridized carbons (Fsp3) is 0.458. The minimum Gasteiger partial charge on any atom is -0.497 e. The molecule has 1 fully saturated rings. The maximum Gasteiger partial charge on any atom is 0.297 e. The first kappa shape index (κ1) is 21.6. The number of nitrogens with zero attached hydrogens (tertiary/aromatic N) is 4. The van der Waals surface area contributed by atoms with E-state index in [0.717, 1.165) is 69.2 Å². The monoisotopic (exact) mass is 424 g/mol. The molecule has 0 amide bonds. The normalized spacial score (nSPS) is 15.4. The summed E-state index contributed by atoms with van der Waals surface area (Å²) in [6, 6.07) is 17.1. The third kappa shape index (κ3) is 5.55. The smallest absolute Gasteiger partial charge is 0.297 e. The Bertz CT molecular complexity index is 949. The van der Waals surface area contributed by atoms with Crippen LogP contribution in [0.3, 0.4) is 0 Å². The first-order valence-electron chi connectivity index (χ1n) is 10.9. The van der Waals surface area contributed by atoms with Gasteiger partial charge in [0.15, 0.2) is 0 Å².